The molecule has 0 saturated heterocycles. The molecule has 0 aliphatic rings. The van der Waals surface area contributed by atoms with Crippen LogP contribution in [0.2, 0.25) is 0 Å². The maximum absolute atomic E-state index is 13.0. The number of aryl methyl sites for hydroxylation is 1. The molecule has 9 heteroatoms. The Hall–Kier alpha value is -2.62. The van der Waals surface area contributed by atoms with Crippen molar-refractivity contribution in [1.82, 2.24) is 10.3 Å². The highest BCUT2D eigenvalue weighted by atomic mass is 32.2. The Balaban J connectivity index is 1.70. The van der Waals surface area contributed by atoms with Gasteiger partial charge in [0.1, 0.15) is 15.7 Å². The van der Waals surface area contributed by atoms with Crippen LogP contribution in [0.1, 0.15) is 20.9 Å². The Morgan fingerprint density at radius 1 is 1.15 bits per heavy atom. The third-order valence-corrected chi connectivity index (χ3v) is 5.93. The summed E-state index contributed by atoms with van der Waals surface area (Å²) in [4.78, 5) is 17.3. The Morgan fingerprint density at radius 3 is 2.37 bits per heavy atom. The maximum Gasteiger partial charge on any atom is 0.263 e. The number of thiazole rings is 1. The summed E-state index contributed by atoms with van der Waals surface area (Å²) in [5.74, 6) is -0.618. The molecule has 1 heterocycles. The van der Waals surface area contributed by atoms with E-state index >= 15 is 0 Å². The number of nitrogens with zero attached hydrogens (tertiary/aromatic N) is 1. The third-order valence-electron chi connectivity index (χ3n) is 3.80. The van der Waals surface area contributed by atoms with Gasteiger partial charge in [0.15, 0.2) is 0 Å². The number of sulfonamides is 1. The van der Waals surface area contributed by atoms with Gasteiger partial charge in [0.05, 0.1) is 10.6 Å². The molecule has 1 amide bonds. The van der Waals surface area contributed by atoms with E-state index in [-0.39, 0.29) is 23.2 Å². The fourth-order valence-corrected chi connectivity index (χ4v) is 3.89. The van der Waals surface area contributed by atoms with Crippen LogP contribution in [-0.4, -0.2) is 19.3 Å². The summed E-state index contributed by atoms with van der Waals surface area (Å²) in [6, 6.07) is 11.9. The van der Waals surface area contributed by atoms with Gasteiger partial charge in [-0.3, -0.25) is 4.79 Å². The minimum absolute atomic E-state index is 0.0137. The molecule has 1 aromatic heterocycles. The smallest absolute Gasteiger partial charge is 0.263 e. The second-order valence-corrected chi connectivity index (χ2v) is 8.37. The molecule has 0 bridgehead atoms. The summed E-state index contributed by atoms with van der Waals surface area (Å²) in [6.07, 6.45) is 0. The van der Waals surface area contributed by atoms with E-state index in [1.54, 1.807) is 31.2 Å². The van der Waals surface area contributed by atoms with Gasteiger partial charge in [-0.1, -0.05) is 12.1 Å². The van der Waals surface area contributed by atoms with Crippen LogP contribution in [0.15, 0.2) is 53.4 Å². The molecule has 3 N–H and O–H groups in total. The summed E-state index contributed by atoms with van der Waals surface area (Å²) < 4.78 is 35.6. The SMILES string of the molecule is Cc1nc(-c2ccc(F)cc2)sc1C(=O)NCc1ccc(S(N)(=O)=O)cc1. The quantitative estimate of drug-likeness (QED) is 0.681. The number of carbonyl (C=O) groups excluding carboxylic acids is 1. The summed E-state index contributed by atoms with van der Waals surface area (Å²) in [6.45, 7) is 1.96. The van der Waals surface area contributed by atoms with Gasteiger partial charge in [0, 0.05) is 12.1 Å². The zero-order chi connectivity index (χ0) is 19.6. The molecule has 27 heavy (non-hydrogen) atoms. The van der Waals surface area contributed by atoms with Crippen LogP contribution in [0.3, 0.4) is 0 Å². The summed E-state index contributed by atoms with van der Waals surface area (Å²) in [5.41, 5.74) is 2.06. The molecule has 140 valence electrons. The average molecular weight is 405 g/mol. The number of benzene rings is 2. The van der Waals surface area contributed by atoms with Crippen molar-refractivity contribution in [2.45, 2.75) is 18.4 Å². The Labute approximate surface area is 159 Å². The summed E-state index contributed by atoms with van der Waals surface area (Å²) in [5, 5.41) is 8.47. The van der Waals surface area contributed by atoms with Crippen molar-refractivity contribution < 1.29 is 17.6 Å². The topological polar surface area (TPSA) is 102 Å². The van der Waals surface area contributed by atoms with Gasteiger partial charge in [-0.15, -0.1) is 11.3 Å². The van der Waals surface area contributed by atoms with E-state index in [0.717, 1.165) is 11.1 Å². The molecular weight excluding hydrogens is 389 g/mol. The second-order valence-electron chi connectivity index (χ2n) is 5.81. The van der Waals surface area contributed by atoms with E-state index in [9.17, 15) is 17.6 Å². The van der Waals surface area contributed by atoms with Gasteiger partial charge in [-0.05, 0) is 48.9 Å². The van der Waals surface area contributed by atoms with Crippen LogP contribution in [-0.2, 0) is 16.6 Å². The number of rotatable bonds is 5. The highest BCUT2D eigenvalue weighted by molar-refractivity contribution is 7.89. The predicted octanol–water partition coefficient (Wildman–Crippen LogP) is 2.84. The van der Waals surface area contributed by atoms with E-state index in [1.807, 2.05) is 0 Å². The van der Waals surface area contributed by atoms with Crippen molar-refractivity contribution >= 4 is 27.3 Å². The van der Waals surface area contributed by atoms with Crippen molar-refractivity contribution in [2.75, 3.05) is 0 Å². The van der Waals surface area contributed by atoms with Gasteiger partial charge in [0.2, 0.25) is 10.0 Å². The minimum atomic E-state index is -3.74. The highest BCUT2D eigenvalue weighted by Gasteiger charge is 2.16. The number of hydrogen-bond acceptors (Lipinski definition) is 5. The van der Waals surface area contributed by atoms with Crippen molar-refractivity contribution in [3.63, 3.8) is 0 Å². The number of nitrogens with two attached hydrogens (primary N) is 1. The normalized spacial score (nSPS) is 11.4. The number of aromatic nitrogens is 1. The van der Waals surface area contributed by atoms with Crippen LogP contribution in [0.25, 0.3) is 10.6 Å². The van der Waals surface area contributed by atoms with Crippen molar-refractivity contribution in [3.8, 4) is 10.6 Å². The van der Waals surface area contributed by atoms with Crippen LogP contribution < -0.4 is 10.5 Å². The molecular formula is C18H16FN3O3S2. The molecule has 2 aromatic carbocycles. The van der Waals surface area contributed by atoms with Crippen LogP contribution in [0.5, 0.6) is 0 Å². The number of primary sulfonamides is 1. The molecule has 0 aliphatic heterocycles. The van der Waals surface area contributed by atoms with Crippen molar-refractivity contribution in [1.29, 1.82) is 0 Å². The molecule has 0 spiro atoms. The van der Waals surface area contributed by atoms with Gasteiger partial charge in [-0.25, -0.2) is 22.9 Å². The van der Waals surface area contributed by atoms with Crippen LogP contribution >= 0.6 is 11.3 Å². The lowest BCUT2D eigenvalue weighted by Gasteiger charge is -2.05. The van der Waals surface area contributed by atoms with E-state index in [4.69, 9.17) is 5.14 Å². The first-order valence-corrected chi connectivity index (χ1v) is 10.2. The lowest BCUT2D eigenvalue weighted by atomic mass is 10.2. The van der Waals surface area contributed by atoms with Gasteiger partial charge < -0.3 is 5.32 Å². The van der Waals surface area contributed by atoms with Crippen LogP contribution in [0.4, 0.5) is 4.39 Å². The number of halogens is 1. The molecule has 0 unspecified atom stereocenters. The molecule has 0 saturated carbocycles. The first-order chi connectivity index (χ1) is 12.7. The number of hydrogen-bond donors (Lipinski definition) is 2. The molecule has 0 atom stereocenters. The predicted molar refractivity (Wildman–Crippen MR) is 101 cm³/mol. The monoisotopic (exact) mass is 405 g/mol. The number of amides is 1. The highest BCUT2D eigenvalue weighted by Crippen LogP contribution is 2.28. The average Bonchev–Trinajstić information content (AvgIpc) is 3.02. The Kier molecular flexibility index (Phi) is 5.36. The van der Waals surface area contributed by atoms with Gasteiger partial charge >= 0.3 is 0 Å². The zero-order valence-electron chi connectivity index (χ0n) is 14.3. The lowest BCUT2D eigenvalue weighted by Crippen LogP contribution is -2.22. The number of nitrogens with one attached hydrogen (secondary N) is 1. The molecule has 6 nitrogen and oxygen atoms in total. The summed E-state index contributed by atoms with van der Waals surface area (Å²) in [7, 11) is -3.74. The zero-order valence-corrected chi connectivity index (χ0v) is 15.9. The number of carbonyl (C=O) groups is 1. The van der Waals surface area contributed by atoms with Crippen molar-refractivity contribution in [3.05, 3.63) is 70.5 Å². The molecule has 0 radical (unpaired) electrons. The first kappa shape index (κ1) is 19.2. The molecule has 0 fully saturated rings. The van der Waals surface area contributed by atoms with E-state index in [0.29, 0.717) is 15.6 Å². The fraction of sp³-hybridized carbons (Fsp3) is 0.111. The van der Waals surface area contributed by atoms with E-state index in [1.165, 1.54) is 35.6 Å². The van der Waals surface area contributed by atoms with E-state index < -0.39 is 10.0 Å². The van der Waals surface area contributed by atoms with Crippen molar-refractivity contribution in [2.24, 2.45) is 5.14 Å². The second kappa shape index (κ2) is 7.55. The van der Waals surface area contributed by atoms with Gasteiger partial charge in [0.25, 0.3) is 5.91 Å². The standard InChI is InChI=1S/C18H16FN3O3S2/c1-11-16(26-18(22-11)13-4-6-14(19)7-5-13)17(23)21-10-12-2-8-15(9-3-12)27(20,24)25/h2-9H,10H2,1H3,(H,21,23)(H2,20,24,25). The Morgan fingerprint density at radius 2 is 1.78 bits per heavy atom. The first-order valence-electron chi connectivity index (χ1n) is 7.87. The lowest BCUT2D eigenvalue weighted by molar-refractivity contribution is 0.0954. The van der Waals surface area contributed by atoms with Crippen LogP contribution in [0, 0.1) is 12.7 Å². The molecule has 3 aromatic rings. The van der Waals surface area contributed by atoms with Gasteiger partial charge in [-0.2, -0.15) is 0 Å². The summed E-state index contributed by atoms with van der Waals surface area (Å²) >= 11 is 1.23. The fourth-order valence-electron chi connectivity index (χ4n) is 2.38. The largest absolute Gasteiger partial charge is 0.347 e. The minimum Gasteiger partial charge on any atom is -0.347 e. The maximum atomic E-state index is 13.0. The van der Waals surface area contributed by atoms with E-state index in [2.05, 4.69) is 10.3 Å². The third kappa shape index (κ3) is 4.57. The molecule has 3 rings (SSSR count). The Bertz CT molecular complexity index is 1080. The molecule has 0 aliphatic carbocycles.